The number of H-pyrrole nitrogens is 1. The Morgan fingerprint density at radius 3 is 2.28 bits per heavy atom. The Kier molecular flexibility index (Phi) is 4.22. The molecule has 0 saturated carbocycles. The lowest BCUT2D eigenvalue weighted by Gasteiger charge is -2.12. The van der Waals surface area contributed by atoms with Crippen molar-refractivity contribution in [3.63, 3.8) is 0 Å². The van der Waals surface area contributed by atoms with E-state index in [-0.39, 0.29) is 33.6 Å². The molecular formula is C22H16N4O6. The van der Waals surface area contributed by atoms with Gasteiger partial charge in [-0.15, -0.1) is 0 Å². The van der Waals surface area contributed by atoms with Crippen LogP contribution in [0.5, 0.6) is 17.5 Å². The fourth-order valence-corrected chi connectivity index (χ4v) is 3.89. The molecule has 0 atom stereocenters. The monoisotopic (exact) mass is 432 g/mol. The third-order valence-electron chi connectivity index (χ3n) is 5.41. The van der Waals surface area contributed by atoms with Gasteiger partial charge in [-0.05, 0) is 24.3 Å². The first-order chi connectivity index (χ1) is 15.4. The Labute approximate surface area is 180 Å². The number of hydrogen-bond acceptors (Lipinski definition) is 7. The van der Waals surface area contributed by atoms with Crippen LogP contribution in [0.25, 0.3) is 16.6 Å². The molecule has 32 heavy (non-hydrogen) atoms. The quantitative estimate of drug-likeness (QED) is 0.325. The highest BCUT2D eigenvalue weighted by Crippen LogP contribution is 2.41. The molecule has 4 aromatic rings. The molecule has 10 heteroatoms. The van der Waals surface area contributed by atoms with Gasteiger partial charge in [-0.1, -0.05) is 24.3 Å². The number of ether oxygens (including phenoxy) is 1. The minimum absolute atomic E-state index is 0.0270. The summed E-state index contributed by atoms with van der Waals surface area (Å²) in [6, 6.07) is 13.0. The standard InChI is InChI=1S/C22H16N4O6/c1-32-15-9-5-4-8-13(15)26-21(30)16-17(23-24-18(16)22(26)31)14(27)10-25-19(28)11-6-2-3-7-12(11)20(25)29/h2-9,24,30-31H,10H2,1H3. The number of aromatic amines is 1. The van der Waals surface area contributed by atoms with E-state index in [1.807, 2.05) is 0 Å². The van der Waals surface area contributed by atoms with Gasteiger partial charge in [0.05, 0.1) is 35.9 Å². The summed E-state index contributed by atoms with van der Waals surface area (Å²) >= 11 is 0. The van der Waals surface area contributed by atoms with Gasteiger partial charge < -0.3 is 14.9 Å². The van der Waals surface area contributed by atoms with Crippen molar-refractivity contribution in [2.24, 2.45) is 0 Å². The lowest BCUT2D eigenvalue weighted by atomic mass is 10.1. The topological polar surface area (TPSA) is 138 Å². The van der Waals surface area contributed by atoms with Crippen LogP contribution in [0.2, 0.25) is 0 Å². The summed E-state index contributed by atoms with van der Waals surface area (Å²) in [5, 5.41) is 27.9. The third-order valence-corrected chi connectivity index (χ3v) is 5.41. The molecule has 0 radical (unpaired) electrons. The molecule has 0 saturated heterocycles. The normalized spacial score (nSPS) is 13.1. The first-order valence-electron chi connectivity index (χ1n) is 9.56. The van der Waals surface area contributed by atoms with Crippen molar-refractivity contribution in [2.75, 3.05) is 13.7 Å². The number of para-hydroxylation sites is 2. The van der Waals surface area contributed by atoms with E-state index in [1.54, 1.807) is 36.4 Å². The summed E-state index contributed by atoms with van der Waals surface area (Å²) in [6.45, 7) is -0.563. The number of benzene rings is 2. The molecule has 0 bridgehead atoms. The predicted molar refractivity (Wildman–Crippen MR) is 111 cm³/mol. The van der Waals surface area contributed by atoms with E-state index in [2.05, 4.69) is 10.2 Å². The summed E-state index contributed by atoms with van der Waals surface area (Å²) in [4.78, 5) is 39.0. The van der Waals surface area contributed by atoms with Crippen molar-refractivity contribution in [3.05, 3.63) is 65.4 Å². The van der Waals surface area contributed by atoms with E-state index in [4.69, 9.17) is 4.74 Å². The number of methoxy groups -OCH3 is 1. The van der Waals surface area contributed by atoms with Crippen molar-refractivity contribution in [1.29, 1.82) is 0 Å². The maximum Gasteiger partial charge on any atom is 0.261 e. The molecule has 0 spiro atoms. The molecular weight excluding hydrogens is 416 g/mol. The molecule has 5 rings (SSSR count). The van der Waals surface area contributed by atoms with Crippen LogP contribution in [0, 0.1) is 0 Å². The smallest absolute Gasteiger partial charge is 0.261 e. The van der Waals surface area contributed by atoms with Gasteiger partial charge in [-0.3, -0.25) is 24.4 Å². The van der Waals surface area contributed by atoms with Gasteiger partial charge in [-0.25, -0.2) is 4.57 Å². The first kappa shape index (κ1) is 19.4. The zero-order chi connectivity index (χ0) is 22.6. The van der Waals surface area contributed by atoms with Crippen LogP contribution in [0.15, 0.2) is 48.5 Å². The number of carbonyl (C=O) groups excluding carboxylic acids is 3. The van der Waals surface area contributed by atoms with E-state index in [0.717, 1.165) is 9.47 Å². The van der Waals surface area contributed by atoms with E-state index in [0.29, 0.717) is 11.4 Å². The number of carbonyl (C=O) groups is 3. The maximum atomic E-state index is 13.0. The number of hydrogen-bond donors (Lipinski definition) is 3. The number of Topliss-reactive ketones (excluding diaryl/α,β-unsaturated/α-hetero) is 1. The Balaban J connectivity index is 1.54. The van der Waals surface area contributed by atoms with E-state index < -0.39 is 30.0 Å². The number of ketones is 1. The average Bonchev–Trinajstić information content (AvgIpc) is 3.43. The van der Waals surface area contributed by atoms with Crippen molar-refractivity contribution in [2.45, 2.75) is 0 Å². The summed E-state index contributed by atoms with van der Waals surface area (Å²) in [6.07, 6.45) is 0. The van der Waals surface area contributed by atoms with Gasteiger partial charge in [-0.2, -0.15) is 5.10 Å². The highest BCUT2D eigenvalue weighted by atomic mass is 16.5. The lowest BCUT2D eigenvalue weighted by Crippen LogP contribution is -2.35. The molecule has 160 valence electrons. The van der Waals surface area contributed by atoms with Crippen molar-refractivity contribution < 1.29 is 29.3 Å². The van der Waals surface area contributed by atoms with Crippen LogP contribution in [-0.2, 0) is 0 Å². The maximum absolute atomic E-state index is 13.0. The van der Waals surface area contributed by atoms with E-state index >= 15 is 0 Å². The number of amides is 2. The minimum Gasteiger partial charge on any atom is -0.495 e. The summed E-state index contributed by atoms with van der Waals surface area (Å²) < 4.78 is 6.40. The summed E-state index contributed by atoms with van der Waals surface area (Å²) in [7, 11) is 1.45. The van der Waals surface area contributed by atoms with E-state index in [9.17, 15) is 24.6 Å². The molecule has 0 fully saturated rings. The zero-order valence-corrected chi connectivity index (χ0v) is 16.7. The van der Waals surface area contributed by atoms with Gasteiger partial charge >= 0.3 is 0 Å². The van der Waals surface area contributed by atoms with Crippen molar-refractivity contribution >= 4 is 28.5 Å². The number of rotatable bonds is 5. The summed E-state index contributed by atoms with van der Waals surface area (Å²) in [5.41, 5.74) is 0.603. The highest BCUT2D eigenvalue weighted by Gasteiger charge is 2.37. The van der Waals surface area contributed by atoms with Gasteiger partial charge in [0.15, 0.2) is 0 Å². The molecule has 1 aliphatic rings. The van der Waals surface area contributed by atoms with Crippen LogP contribution in [-0.4, -0.2) is 61.1 Å². The molecule has 0 aliphatic carbocycles. The largest absolute Gasteiger partial charge is 0.495 e. The first-order valence-corrected chi connectivity index (χ1v) is 9.56. The second kappa shape index (κ2) is 6.98. The second-order valence-corrected chi connectivity index (χ2v) is 7.14. The molecule has 3 N–H and O–H groups in total. The van der Waals surface area contributed by atoms with Gasteiger partial charge in [0.2, 0.25) is 17.5 Å². The molecule has 2 aromatic carbocycles. The van der Waals surface area contributed by atoms with Crippen LogP contribution in [0.3, 0.4) is 0 Å². The van der Waals surface area contributed by atoms with Crippen LogP contribution < -0.4 is 4.74 Å². The number of imide groups is 1. The molecule has 1 aliphatic heterocycles. The van der Waals surface area contributed by atoms with Gasteiger partial charge in [0.25, 0.3) is 11.8 Å². The lowest BCUT2D eigenvalue weighted by molar-refractivity contribution is 0.0623. The number of aromatic nitrogens is 3. The Hall–Kier alpha value is -4.60. The SMILES string of the molecule is COc1ccccc1-n1c(O)c2[nH]nc(C(=O)CN3C(=O)c4ccccc4C3=O)c2c1O. The number of aromatic hydroxyl groups is 2. The zero-order valence-electron chi connectivity index (χ0n) is 16.7. The molecule has 2 aromatic heterocycles. The Morgan fingerprint density at radius 2 is 1.62 bits per heavy atom. The van der Waals surface area contributed by atoms with Crippen molar-refractivity contribution in [1.82, 2.24) is 19.7 Å². The molecule has 10 nitrogen and oxygen atoms in total. The molecule has 2 amide bonds. The summed E-state index contributed by atoms with van der Waals surface area (Å²) in [5.74, 6) is -2.29. The average molecular weight is 432 g/mol. The number of nitrogens with one attached hydrogen (secondary N) is 1. The van der Waals surface area contributed by atoms with Crippen LogP contribution >= 0.6 is 0 Å². The molecule has 0 unspecified atom stereocenters. The number of nitrogens with zero attached hydrogens (tertiary/aromatic N) is 3. The van der Waals surface area contributed by atoms with Crippen molar-refractivity contribution in [3.8, 4) is 23.2 Å². The third kappa shape index (κ3) is 2.59. The van der Waals surface area contributed by atoms with Crippen LogP contribution in [0.4, 0.5) is 0 Å². The van der Waals surface area contributed by atoms with Gasteiger partial charge in [0, 0.05) is 0 Å². The van der Waals surface area contributed by atoms with E-state index in [1.165, 1.54) is 19.2 Å². The predicted octanol–water partition coefficient (Wildman–Crippen LogP) is 2.25. The fraction of sp³-hybridized carbons (Fsp3) is 0.0909. The molecule has 3 heterocycles. The number of fused-ring (bicyclic) bond motifs is 2. The Morgan fingerprint density at radius 1 is 1.00 bits per heavy atom. The fourth-order valence-electron chi connectivity index (χ4n) is 3.89. The highest BCUT2D eigenvalue weighted by molar-refractivity contribution is 6.23. The Bertz CT molecular complexity index is 1400. The van der Waals surface area contributed by atoms with Gasteiger partial charge in [0.1, 0.15) is 17.0 Å². The minimum atomic E-state index is -0.682. The second-order valence-electron chi connectivity index (χ2n) is 7.14. The van der Waals surface area contributed by atoms with Crippen LogP contribution in [0.1, 0.15) is 31.2 Å².